The predicted octanol–water partition coefficient (Wildman–Crippen LogP) is 2.08. The molecular weight excluding hydrogens is 302 g/mol. The van der Waals surface area contributed by atoms with Gasteiger partial charge in [0.1, 0.15) is 5.69 Å². The molecule has 2 atom stereocenters. The van der Waals surface area contributed by atoms with Crippen LogP contribution < -0.4 is 5.32 Å². The lowest BCUT2D eigenvalue weighted by Crippen LogP contribution is -2.38. The summed E-state index contributed by atoms with van der Waals surface area (Å²) in [7, 11) is 1.61. The van der Waals surface area contributed by atoms with Gasteiger partial charge in [0.25, 0.3) is 11.6 Å². The maximum Gasteiger partial charge on any atom is 0.287 e. The van der Waals surface area contributed by atoms with Crippen LogP contribution in [0.4, 0.5) is 5.69 Å². The van der Waals surface area contributed by atoms with Gasteiger partial charge >= 0.3 is 0 Å². The van der Waals surface area contributed by atoms with Gasteiger partial charge in [0.2, 0.25) is 0 Å². The molecule has 1 aromatic heterocycles. The van der Waals surface area contributed by atoms with Crippen LogP contribution in [0.2, 0.25) is 0 Å². The Balaban J connectivity index is 2.81. The Morgan fingerprint density at radius 2 is 2.22 bits per heavy atom. The molecule has 1 rings (SSSR count). The summed E-state index contributed by atoms with van der Waals surface area (Å²) in [5.41, 5.74) is 0.208. The van der Waals surface area contributed by atoms with Crippen LogP contribution in [-0.4, -0.2) is 26.8 Å². The molecule has 0 saturated heterocycles. The van der Waals surface area contributed by atoms with Crippen molar-refractivity contribution in [3.8, 4) is 0 Å². The Morgan fingerprint density at radius 3 is 2.67 bits per heavy atom. The number of hydrogen-bond acceptors (Lipinski definition) is 3. The minimum Gasteiger partial charge on any atom is -0.348 e. The molecule has 0 radical (unpaired) electrons. The topological polar surface area (TPSA) is 77.2 Å². The molecular formula is C11H16BrN3O3. The van der Waals surface area contributed by atoms with Gasteiger partial charge in [-0.1, -0.05) is 22.9 Å². The third kappa shape index (κ3) is 3.32. The summed E-state index contributed by atoms with van der Waals surface area (Å²) < 4.78 is 1.46. The summed E-state index contributed by atoms with van der Waals surface area (Å²) in [4.78, 5) is 22.1. The zero-order valence-corrected chi connectivity index (χ0v) is 12.1. The van der Waals surface area contributed by atoms with Crippen LogP contribution in [0.15, 0.2) is 12.3 Å². The van der Waals surface area contributed by atoms with E-state index in [1.165, 1.54) is 16.8 Å². The van der Waals surface area contributed by atoms with Gasteiger partial charge in [0, 0.05) is 24.5 Å². The number of alkyl halides is 1. The average Bonchev–Trinajstić information content (AvgIpc) is 2.70. The van der Waals surface area contributed by atoms with Crippen molar-refractivity contribution >= 4 is 27.5 Å². The molecule has 0 aliphatic heterocycles. The van der Waals surface area contributed by atoms with Crippen molar-refractivity contribution < 1.29 is 9.72 Å². The summed E-state index contributed by atoms with van der Waals surface area (Å²) in [6, 6.07) is 1.27. The molecule has 2 unspecified atom stereocenters. The van der Waals surface area contributed by atoms with Crippen LogP contribution in [0.5, 0.6) is 0 Å². The lowest BCUT2D eigenvalue weighted by atomic mass is 10.1. The molecule has 6 nitrogen and oxygen atoms in total. The van der Waals surface area contributed by atoms with Crippen LogP contribution in [-0.2, 0) is 7.05 Å². The highest BCUT2D eigenvalue weighted by molar-refractivity contribution is 9.09. The number of amides is 1. The van der Waals surface area contributed by atoms with Gasteiger partial charge in [0.15, 0.2) is 0 Å². The number of nitro groups is 1. The Morgan fingerprint density at radius 1 is 1.61 bits per heavy atom. The average molecular weight is 318 g/mol. The molecule has 0 saturated carbocycles. The number of aromatic nitrogens is 1. The van der Waals surface area contributed by atoms with Crippen LogP contribution in [0.3, 0.4) is 0 Å². The molecule has 0 bridgehead atoms. The largest absolute Gasteiger partial charge is 0.348 e. The number of nitrogens with one attached hydrogen (secondary N) is 1. The summed E-state index contributed by atoms with van der Waals surface area (Å²) in [5.74, 6) is -0.0184. The van der Waals surface area contributed by atoms with Gasteiger partial charge in [-0.05, 0) is 12.8 Å². The number of nitrogens with zero attached hydrogens (tertiary/aromatic N) is 2. The SMILES string of the molecule is CC(CBr)C(C)NC(=O)c1cc([N+](=O)[O-])cn1C. The second kappa shape index (κ2) is 5.99. The molecule has 1 heterocycles. The van der Waals surface area contributed by atoms with E-state index in [0.29, 0.717) is 0 Å². The van der Waals surface area contributed by atoms with E-state index in [2.05, 4.69) is 21.2 Å². The fraction of sp³-hybridized carbons (Fsp3) is 0.545. The minimum atomic E-state index is -0.513. The van der Waals surface area contributed by atoms with E-state index in [1.807, 2.05) is 13.8 Å². The van der Waals surface area contributed by atoms with Gasteiger partial charge in [-0.2, -0.15) is 0 Å². The number of carbonyl (C=O) groups is 1. The van der Waals surface area contributed by atoms with Crippen molar-refractivity contribution in [1.29, 1.82) is 0 Å². The van der Waals surface area contributed by atoms with E-state index < -0.39 is 4.92 Å². The standard InChI is InChI=1S/C11H16BrN3O3/c1-7(5-12)8(2)13-11(16)10-4-9(15(17)18)6-14(10)3/h4,6-8H,5H2,1-3H3,(H,13,16). The van der Waals surface area contributed by atoms with Gasteiger partial charge in [-0.15, -0.1) is 0 Å². The summed E-state index contributed by atoms with van der Waals surface area (Å²) in [5, 5.41) is 14.2. The Hall–Kier alpha value is -1.37. The zero-order valence-electron chi connectivity index (χ0n) is 10.5. The van der Waals surface area contributed by atoms with Crippen LogP contribution in [0.1, 0.15) is 24.3 Å². The smallest absolute Gasteiger partial charge is 0.287 e. The third-order valence-electron chi connectivity index (χ3n) is 2.89. The van der Waals surface area contributed by atoms with E-state index >= 15 is 0 Å². The van der Waals surface area contributed by atoms with Crippen molar-refractivity contribution in [3.05, 3.63) is 28.1 Å². The predicted molar refractivity (Wildman–Crippen MR) is 72.0 cm³/mol. The van der Waals surface area contributed by atoms with Crippen molar-refractivity contribution in [2.75, 3.05) is 5.33 Å². The monoisotopic (exact) mass is 317 g/mol. The molecule has 0 aromatic carbocycles. The quantitative estimate of drug-likeness (QED) is 0.513. The van der Waals surface area contributed by atoms with Gasteiger partial charge < -0.3 is 9.88 Å². The number of rotatable bonds is 5. The minimum absolute atomic E-state index is 0.00849. The Bertz CT molecular complexity index is 458. The van der Waals surface area contributed by atoms with Gasteiger partial charge in [0.05, 0.1) is 11.1 Å². The number of carbonyl (C=O) groups excluding carboxylic acids is 1. The summed E-state index contributed by atoms with van der Waals surface area (Å²) in [6.45, 7) is 3.91. The van der Waals surface area contributed by atoms with Crippen molar-refractivity contribution in [3.63, 3.8) is 0 Å². The molecule has 1 amide bonds. The normalized spacial score (nSPS) is 14.0. The Labute approximate surface area is 114 Å². The molecule has 0 aliphatic carbocycles. The molecule has 18 heavy (non-hydrogen) atoms. The van der Waals surface area contributed by atoms with Gasteiger partial charge in [-0.3, -0.25) is 14.9 Å². The molecule has 1 N–H and O–H groups in total. The molecule has 100 valence electrons. The zero-order chi connectivity index (χ0) is 13.9. The van der Waals surface area contributed by atoms with E-state index in [1.54, 1.807) is 7.05 Å². The first-order chi connectivity index (χ1) is 8.36. The second-order valence-corrected chi connectivity index (χ2v) is 4.99. The van der Waals surface area contributed by atoms with E-state index in [-0.39, 0.29) is 29.2 Å². The highest BCUT2D eigenvalue weighted by Crippen LogP contribution is 2.15. The molecule has 0 fully saturated rings. The molecule has 1 aromatic rings. The Kier molecular flexibility index (Phi) is 4.89. The highest BCUT2D eigenvalue weighted by Gasteiger charge is 2.20. The van der Waals surface area contributed by atoms with E-state index in [0.717, 1.165) is 5.33 Å². The fourth-order valence-electron chi connectivity index (χ4n) is 1.43. The molecule has 7 heteroatoms. The molecule has 0 aliphatic rings. The summed E-state index contributed by atoms with van der Waals surface area (Å²) in [6.07, 6.45) is 1.33. The van der Waals surface area contributed by atoms with E-state index in [4.69, 9.17) is 0 Å². The highest BCUT2D eigenvalue weighted by atomic mass is 79.9. The summed E-state index contributed by atoms with van der Waals surface area (Å²) >= 11 is 3.35. The van der Waals surface area contributed by atoms with Crippen molar-refractivity contribution in [2.45, 2.75) is 19.9 Å². The van der Waals surface area contributed by atoms with Crippen LogP contribution in [0, 0.1) is 16.0 Å². The van der Waals surface area contributed by atoms with Crippen molar-refractivity contribution in [1.82, 2.24) is 9.88 Å². The third-order valence-corrected chi connectivity index (χ3v) is 3.91. The lowest BCUT2D eigenvalue weighted by molar-refractivity contribution is -0.384. The first-order valence-corrected chi connectivity index (χ1v) is 6.66. The first-order valence-electron chi connectivity index (χ1n) is 5.54. The number of aryl methyl sites for hydroxylation is 1. The lowest BCUT2D eigenvalue weighted by Gasteiger charge is -2.19. The van der Waals surface area contributed by atoms with Crippen LogP contribution >= 0.6 is 15.9 Å². The number of halogens is 1. The first kappa shape index (κ1) is 14.7. The maximum absolute atomic E-state index is 12.0. The second-order valence-electron chi connectivity index (χ2n) is 4.35. The van der Waals surface area contributed by atoms with Crippen LogP contribution in [0.25, 0.3) is 0 Å². The number of hydrogen-bond donors (Lipinski definition) is 1. The van der Waals surface area contributed by atoms with Crippen molar-refractivity contribution in [2.24, 2.45) is 13.0 Å². The van der Waals surface area contributed by atoms with E-state index in [9.17, 15) is 14.9 Å². The van der Waals surface area contributed by atoms with Gasteiger partial charge in [-0.25, -0.2) is 0 Å². The maximum atomic E-state index is 12.0. The molecule has 0 spiro atoms. The fourth-order valence-corrected chi connectivity index (χ4v) is 1.99.